The molecule has 110 valence electrons. The molecule has 1 aromatic rings. The van der Waals surface area contributed by atoms with Gasteiger partial charge in [-0.15, -0.1) is 0 Å². The predicted octanol–water partition coefficient (Wildman–Crippen LogP) is 0.848. The Labute approximate surface area is 114 Å². The largest absolute Gasteiger partial charge is 0.480 e. The molecule has 3 N–H and O–H groups in total. The highest BCUT2D eigenvalue weighted by Gasteiger charge is 2.24. The highest BCUT2D eigenvalue weighted by atomic mass is 19.2. The Hall–Kier alpha value is -2.02. The highest BCUT2D eigenvalue weighted by molar-refractivity contribution is 5.84. The Balaban J connectivity index is 2.54. The van der Waals surface area contributed by atoms with Crippen LogP contribution in [0.3, 0.4) is 0 Å². The molecule has 0 saturated carbocycles. The van der Waals surface area contributed by atoms with Gasteiger partial charge in [0.05, 0.1) is 6.10 Å². The molecule has 7 heteroatoms. The molecule has 0 saturated heterocycles. The van der Waals surface area contributed by atoms with Crippen molar-refractivity contribution in [1.82, 2.24) is 5.32 Å². The number of benzene rings is 1. The lowest BCUT2D eigenvalue weighted by molar-refractivity contribution is -0.144. The molecular weight excluding hydrogens is 272 g/mol. The van der Waals surface area contributed by atoms with Gasteiger partial charge in [0, 0.05) is 6.42 Å². The van der Waals surface area contributed by atoms with Crippen LogP contribution in [0.25, 0.3) is 0 Å². The normalized spacial score (nSPS) is 13.6. The monoisotopic (exact) mass is 287 g/mol. The van der Waals surface area contributed by atoms with Gasteiger partial charge in [-0.3, -0.25) is 4.79 Å². The third kappa shape index (κ3) is 4.58. The van der Waals surface area contributed by atoms with Crippen molar-refractivity contribution in [2.45, 2.75) is 31.9 Å². The predicted molar refractivity (Wildman–Crippen MR) is 65.9 cm³/mol. The smallest absolute Gasteiger partial charge is 0.328 e. The van der Waals surface area contributed by atoms with Crippen molar-refractivity contribution in [3.8, 4) is 0 Å². The van der Waals surface area contributed by atoms with Crippen molar-refractivity contribution in [2.75, 3.05) is 0 Å². The van der Waals surface area contributed by atoms with Crippen LogP contribution in [0, 0.1) is 11.6 Å². The molecule has 0 radical (unpaired) electrons. The van der Waals surface area contributed by atoms with Crippen LogP contribution >= 0.6 is 0 Å². The summed E-state index contributed by atoms with van der Waals surface area (Å²) in [5.74, 6) is -3.92. The van der Waals surface area contributed by atoms with Gasteiger partial charge in [0.2, 0.25) is 5.91 Å². The molecule has 1 amide bonds. The number of aliphatic carboxylic acids is 1. The van der Waals surface area contributed by atoms with Gasteiger partial charge in [-0.1, -0.05) is 6.07 Å². The Bertz CT molecular complexity index is 505. The summed E-state index contributed by atoms with van der Waals surface area (Å²) in [7, 11) is 0. The molecule has 2 unspecified atom stereocenters. The number of carbonyl (C=O) groups excluding carboxylic acids is 1. The number of carboxylic acid groups (broad SMARTS) is 1. The highest BCUT2D eigenvalue weighted by Crippen LogP contribution is 2.10. The van der Waals surface area contributed by atoms with E-state index in [-0.39, 0.29) is 12.8 Å². The van der Waals surface area contributed by atoms with E-state index in [1.807, 2.05) is 0 Å². The summed E-state index contributed by atoms with van der Waals surface area (Å²) < 4.78 is 25.6. The van der Waals surface area contributed by atoms with Crippen molar-refractivity contribution in [3.63, 3.8) is 0 Å². The number of halogens is 2. The summed E-state index contributed by atoms with van der Waals surface area (Å²) in [5.41, 5.74) is 0.419. The van der Waals surface area contributed by atoms with E-state index >= 15 is 0 Å². The summed E-state index contributed by atoms with van der Waals surface area (Å²) in [6, 6.07) is 1.88. The minimum Gasteiger partial charge on any atom is -0.480 e. The van der Waals surface area contributed by atoms with Crippen molar-refractivity contribution < 1.29 is 28.6 Å². The molecule has 1 rings (SSSR count). The van der Waals surface area contributed by atoms with Crippen LogP contribution in [0.4, 0.5) is 8.78 Å². The lowest BCUT2D eigenvalue weighted by atomic mass is 10.1. The van der Waals surface area contributed by atoms with E-state index < -0.39 is 35.7 Å². The van der Waals surface area contributed by atoms with Gasteiger partial charge < -0.3 is 15.5 Å². The summed E-state index contributed by atoms with van der Waals surface area (Å²) in [5, 5.41) is 20.1. The fraction of sp³-hybridized carbons (Fsp3) is 0.385. The molecular formula is C13H15F2NO4. The molecule has 0 fully saturated rings. The molecule has 20 heavy (non-hydrogen) atoms. The molecule has 0 aliphatic carbocycles. The Morgan fingerprint density at radius 1 is 1.30 bits per heavy atom. The second-order valence-electron chi connectivity index (χ2n) is 4.37. The van der Waals surface area contributed by atoms with Crippen LogP contribution in [0.15, 0.2) is 18.2 Å². The summed E-state index contributed by atoms with van der Waals surface area (Å²) in [6.45, 7) is 1.24. The molecule has 0 bridgehead atoms. The second-order valence-corrected chi connectivity index (χ2v) is 4.37. The Kier molecular flexibility index (Phi) is 5.57. The second kappa shape index (κ2) is 6.95. The zero-order valence-electron chi connectivity index (χ0n) is 10.8. The van der Waals surface area contributed by atoms with Crippen LogP contribution < -0.4 is 5.32 Å². The number of carbonyl (C=O) groups is 2. The van der Waals surface area contributed by atoms with Crippen LogP contribution in [0.5, 0.6) is 0 Å². The van der Waals surface area contributed by atoms with Crippen LogP contribution in [-0.2, 0) is 16.0 Å². The van der Waals surface area contributed by atoms with E-state index in [9.17, 15) is 23.5 Å². The molecule has 0 spiro atoms. The lowest BCUT2D eigenvalue weighted by Crippen LogP contribution is -2.47. The standard InChI is InChI=1S/C13H15F2NO4/c1-7(17)12(13(19)20)16-11(18)5-3-8-2-4-9(14)10(15)6-8/h2,4,6-7,12,17H,3,5H2,1H3,(H,16,18)(H,19,20). The fourth-order valence-electron chi connectivity index (χ4n) is 1.59. The maximum absolute atomic E-state index is 12.9. The van der Waals surface area contributed by atoms with E-state index in [4.69, 9.17) is 5.11 Å². The molecule has 0 heterocycles. The molecule has 1 aromatic carbocycles. The third-order valence-corrected chi connectivity index (χ3v) is 2.69. The summed E-state index contributed by atoms with van der Waals surface area (Å²) >= 11 is 0. The number of aliphatic hydroxyl groups excluding tert-OH is 1. The number of aliphatic hydroxyl groups is 1. The number of hydrogen-bond acceptors (Lipinski definition) is 3. The van der Waals surface area contributed by atoms with Gasteiger partial charge in [0.25, 0.3) is 0 Å². The average Bonchev–Trinajstić information content (AvgIpc) is 2.36. The third-order valence-electron chi connectivity index (χ3n) is 2.69. The Morgan fingerprint density at radius 3 is 2.45 bits per heavy atom. The maximum Gasteiger partial charge on any atom is 0.328 e. The first-order chi connectivity index (χ1) is 9.31. The van der Waals surface area contributed by atoms with E-state index in [2.05, 4.69) is 5.32 Å². The number of aryl methyl sites for hydroxylation is 1. The van der Waals surface area contributed by atoms with Gasteiger partial charge >= 0.3 is 5.97 Å². The van der Waals surface area contributed by atoms with Crippen molar-refractivity contribution >= 4 is 11.9 Å². The van der Waals surface area contributed by atoms with E-state index in [1.165, 1.54) is 13.0 Å². The van der Waals surface area contributed by atoms with Crippen molar-refractivity contribution in [2.24, 2.45) is 0 Å². The molecule has 0 aliphatic rings. The first-order valence-corrected chi connectivity index (χ1v) is 5.95. The lowest BCUT2D eigenvalue weighted by Gasteiger charge is -2.16. The van der Waals surface area contributed by atoms with E-state index in [1.54, 1.807) is 0 Å². The van der Waals surface area contributed by atoms with Crippen LogP contribution in [0.1, 0.15) is 18.9 Å². The van der Waals surface area contributed by atoms with Crippen molar-refractivity contribution in [3.05, 3.63) is 35.4 Å². The Morgan fingerprint density at radius 2 is 1.95 bits per heavy atom. The van der Waals surface area contributed by atoms with Gasteiger partial charge in [-0.2, -0.15) is 0 Å². The SMILES string of the molecule is CC(O)C(NC(=O)CCc1ccc(F)c(F)c1)C(=O)O. The van der Waals surface area contributed by atoms with E-state index in [0.717, 1.165) is 12.1 Å². The zero-order chi connectivity index (χ0) is 15.3. The van der Waals surface area contributed by atoms with Gasteiger partial charge in [0.1, 0.15) is 0 Å². The molecule has 0 aromatic heterocycles. The van der Waals surface area contributed by atoms with Gasteiger partial charge in [-0.25, -0.2) is 13.6 Å². The number of carboxylic acids is 1. The number of amides is 1. The van der Waals surface area contributed by atoms with Gasteiger partial charge in [0.15, 0.2) is 17.7 Å². The molecule has 2 atom stereocenters. The fourth-order valence-corrected chi connectivity index (χ4v) is 1.59. The molecule has 5 nitrogen and oxygen atoms in total. The first-order valence-electron chi connectivity index (χ1n) is 5.95. The quantitative estimate of drug-likeness (QED) is 0.724. The topological polar surface area (TPSA) is 86.6 Å². The molecule has 0 aliphatic heterocycles. The first kappa shape index (κ1) is 16.0. The van der Waals surface area contributed by atoms with Gasteiger partial charge in [-0.05, 0) is 31.0 Å². The number of nitrogens with one attached hydrogen (secondary N) is 1. The maximum atomic E-state index is 12.9. The minimum atomic E-state index is -1.40. The summed E-state index contributed by atoms with van der Waals surface area (Å²) in [6.07, 6.45) is -1.20. The number of hydrogen-bond donors (Lipinski definition) is 3. The minimum absolute atomic E-state index is 0.0957. The average molecular weight is 287 g/mol. The zero-order valence-corrected chi connectivity index (χ0v) is 10.8. The summed E-state index contributed by atoms with van der Waals surface area (Å²) in [4.78, 5) is 22.3. The van der Waals surface area contributed by atoms with Crippen molar-refractivity contribution in [1.29, 1.82) is 0 Å². The van der Waals surface area contributed by atoms with E-state index in [0.29, 0.717) is 5.56 Å². The number of rotatable bonds is 6. The van der Waals surface area contributed by atoms with Crippen LogP contribution in [-0.4, -0.2) is 34.2 Å². The van der Waals surface area contributed by atoms with Crippen LogP contribution in [0.2, 0.25) is 0 Å².